The van der Waals surface area contributed by atoms with Gasteiger partial charge in [0.05, 0.1) is 12.7 Å². The maximum Gasteiger partial charge on any atom is 0.303 e. The molecule has 6 fully saturated rings. The van der Waals surface area contributed by atoms with E-state index in [9.17, 15) is 24.6 Å². The van der Waals surface area contributed by atoms with E-state index in [2.05, 4.69) is 20.4 Å². The van der Waals surface area contributed by atoms with Crippen molar-refractivity contribution in [1.82, 2.24) is 0 Å². The van der Waals surface area contributed by atoms with E-state index in [0.717, 1.165) is 12.8 Å². The molecule has 0 radical (unpaired) electrons. The Balaban J connectivity index is 1.83. The van der Waals surface area contributed by atoms with E-state index in [1.165, 1.54) is 20.8 Å². The molecular formula is C26H36O9. The van der Waals surface area contributed by atoms with Crippen molar-refractivity contribution in [2.24, 2.45) is 34.0 Å². The van der Waals surface area contributed by atoms with Gasteiger partial charge in [0.25, 0.3) is 0 Å². The van der Waals surface area contributed by atoms with Crippen molar-refractivity contribution >= 4 is 17.9 Å². The molecule has 2 unspecified atom stereocenters. The quantitative estimate of drug-likeness (QED) is 0.345. The zero-order valence-corrected chi connectivity index (χ0v) is 21.0. The molecule has 2 saturated heterocycles. The van der Waals surface area contributed by atoms with Crippen LogP contribution in [0.25, 0.3) is 0 Å². The molecule has 6 aliphatic rings. The molecule has 2 spiro atoms. The summed E-state index contributed by atoms with van der Waals surface area (Å²) in [6.45, 7) is 12.4. The van der Waals surface area contributed by atoms with Crippen molar-refractivity contribution in [3.05, 3.63) is 12.2 Å². The van der Waals surface area contributed by atoms with Gasteiger partial charge >= 0.3 is 17.9 Å². The fourth-order valence-electron chi connectivity index (χ4n) is 9.17. The lowest BCUT2D eigenvalue weighted by molar-refractivity contribution is -0.474. The Bertz CT molecular complexity index is 989. The highest BCUT2D eigenvalue weighted by molar-refractivity contribution is 5.68. The largest absolute Gasteiger partial charge is 0.462 e. The van der Waals surface area contributed by atoms with Crippen molar-refractivity contribution in [1.29, 1.82) is 0 Å². The number of fused-ring (bicyclic) bond motifs is 2. The third-order valence-electron chi connectivity index (χ3n) is 9.80. The minimum Gasteiger partial charge on any atom is -0.462 e. The van der Waals surface area contributed by atoms with Crippen LogP contribution in [0.3, 0.4) is 0 Å². The highest BCUT2D eigenvalue weighted by atomic mass is 16.7. The summed E-state index contributed by atoms with van der Waals surface area (Å²) in [5, 5.41) is 24.4. The smallest absolute Gasteiger partial charge is 0.303 e. The fraction of sp³-hybridized carbons (Fsp3) is 0.808. The van der Waals surface area contributed by atoms with Gasteiger partial charge in [0.2, 0.25) is 5.79 Å². The molecule has 0 amide bonds. The average Bonchev–Trinajstić information content (AvgIpc) is 2.84. The van der Waals surface area contributed by atoms with Crippen LogP contribution < -0.4 is 0 Å². The second kappa shape index (κ2) is 7.52. The van der Waals surface area contributed by atoms with Crippen LogP contribution in [0.2, 0.25) is 0 Å². The summed E-state index contributed by atoms with van der Waals surface area (Å²) in [5.74, 6) is -5.38. The Hall–Kier alpha value is -1.97. The number of carbonyl (C=O) groups is 3. The van der Waals surface area contributed by atoms with Gasteiger partial charge in [-0.3, -0.25) is 14.4 Å². The number of rotatable bonds is 3. The van der Waals surface area contributed by atoms with Gasteiger partial charge in [-0.05, 0) is 30.3 Å². The first-order valence-corrected chi connectivity index (χ1v) is 12.5. The van der Waals surface area contributed by atoms with Crippen LogP contribution >= 0.6 is 0 Å². The Morgan fingerprint density at radius 3 is 2.23 bits per heavy atom. The molecular weight excluding hydrogens is 456 g/mol. The first kappa shape index (κ1) is 24.7. The maximum atomic E-state index is 12.6. The number of aliphatic hydroxyl groups is 2. The van der Waals surface area contributed by atoms with E-state index in [4.69, 9.17) is 18.9 Å². The van der Waals surface area contributed by atoms with Crippen LogP contribution in [0.15, 0.2) is 12.2 Å². The minimum atomic E-state index is -2.19. The van der Waals surface area contributed by atoms with Crippen LogP contribution in [-0.4, -0.2) is 64.9 Å². The predicted octanol–water partition coefficient (Wildman–Crippen LogP) is 1.88. The topological polar surface area (TPSA) is 129 Å². The van der Waals surface area contributed by atoms with E-state index in [0.29, 0.717) is 18.4 Å². The molecule has 2 heterocycles. The molecule has 4 saturated carbocycles. The van der Waals surface area contributed by atoms with Gasteiger partial charge in [0.15, 0.2) is 6.10 Å². The molecule has 0 aromatic carbocycles. The standard InChI is InChI=1S/C26H36O9/c1-12-16-10-17(33-13(2)27)18-24-9-7-8-23(5,6)19(24)22(35-15(4)29)26(31,32-11-24)25(18,20(16)30)21(12)34-14(3)28/h16-22,30-31H,1,7-11H2,2-6H3/t16-,17-,18?,19?,20+,21+,22-,24+,25+,26+/m0/s1. The average molecular weight is 493 g/mol. The van der Waals surface area contributed by atoms with Crippen LogP contribution in [0.1, 0.15) is 60.3 Å². The summed E-state index contributed by atoms with van der Waals surface area (Å²) in [6, 6.07) is 0. The van der Waals surface area contributed by atoms with Crippen molar-refractivity contribution in [2.45, 2.75) is 90.5 Å². The van der Waals surface area contributed by atoms with E-state index in [1.807, 2.05) is 0 Å². The van der Waals surface area contributed by atoms with Gasteiger partial charge in [-0.25, -0.2) is 0 Å². The summed E-state index contributed by atoms with van der Waals surface area (Å²) >= 11 is 0. The lowest BCUT2D eigenvalue weighted by atomic mass is 9.35. The molecule has 194 valence electrons. The molecule has 9 nitrogen and oxygen atoms in total. The summed E-state index contributed by atoms with van der Waals surface area (Å²) < 4.78 is 23.8. The number of hydrogen-bond acceptors (Lipinski definition) is 9. The van der Waals surface area contributed by atoms with E-state index in [1.54, 1.807) is 0 Å². The van der Waals surface area contributed by atoms with Crippen LogP contribution in [0, 0.1) is 34.0 Å². The zero-order chi connectivity index (χ0) is 25.7. The molecule has 35 heavy (non-hydrogen) atoms. The molecule has 4 bridgehead atoms. The zero-order valence-electron chi connectivity index (χ0n) is 21.0. The van der Waals surface area contributed by atoms with Crippen molar-refractivity contribution in [3.8, 4) is 0 Å². The number of hydrogen-bond donors (Lipinski definition) is 2. The summed E-state index contributed by atoms with van der Waals surface area (Å²) in [4.78, 5) is 36.9. The monoisotopic (exact) mass is 492 g/mol. The van der Waals surface area contributed by atoms with Crippen LogP contribution in [0.4, 0.5) is 0 Å². The normalized spacial score (nSPS) is 49.0. The number of carbonyl (C=O) groups excluding carboxylic acids is 3. The van der Waals surface area contributed by atoms with Gasteiger partial charge < -0.3 is 29.2 Å². The van der Waals surface area contributed by atoms with Gasteiger partial charge in [-0.2, -0.15) is 0 Å². The third kappa shape index (κ3) is 2.89. The SMILES string of the molecule is C=C1[C@@H](OC(C)=O)[C@@]23C([C@@H](OC(C)=O)C[C@@H]1[C@H]2O)[C@]12CCCC(C)(C)C1[C@H](OC(C)=O)[C@@]3(O)OC2. The molecule has 9 heteroatoms. The van der Waals surface area contributed by atoms with Crippen molar-refractivity contribution in [2.75, 3.05) is 6.61 Å². The summed E-state index contributed by atoms with van der Waals surface area (Å²) in [7, 11) is 0. The highest BCUT2D eigenvalue weighted by Gasteiger charge is 2.88. The lowest BCUT2D eigenvalue weighted by Gasteiger charge is -2.75. The Labute approximate surface area is 205 Å². The molecule has 0 aromatic heterocycles. The molecule has 6 rings (SSSR count). The fourth-order valence-corrected chi connectivity index (χ4v) is 9.17. The molecule has 2 N–H and O–H groups in total. The highest BCUT2D eigenvalue weighted by Crippen LogP contribution is 2.78. The van der Waals surface area contributed by atoms with Crippen LogP contribution in [-0.2, 0) is 33.3 Å². The Morgan fingerprint density at radius 1 is 1.00 bits per heavy atom. The van der Waals surface area contributed by atoms with Crippen molar-refractivity contribution < 1.29 is 43.5 Å². The predicted molar refractivity (Wildman–Crippen MR) is 120 cm³/mol. The summed E-state index contributed by atoms with van der Waals surface area (Å²) in [6.07, 6.45) is -1.44. The van der Waals surface area contributed by atoms with Crippen molar-refractivity contribution in [3.63, 3.8) is 0 Å². The van der Waals surface area contributed by atoms with Gasteiger partial charge in [0, 0.05) is 43.9 Å². The van der Waals surface area contributed by atoms with E-state index >= 15 is 0 Å². The van der Waals surface area contributed by atoms with E-state index in [-0.39, 0.29) is 17.9 Å². The van der Waals surface area contributed by atoms with Gasteiger partial charge in [0.1, 0.15) is 17.6 Å². The van der Waals surface area contributed by atoms with Gasteiger partial charge in [-0.1, -0.05) is 26.8 Å². The Kier molecular flexibility index (Phi) is 5.31. The molecule has 0 aromatic rings. The number of esters is 3. The van der Waals surface area contributed by atoms with Crippen LogP contribution in [0.5, 0.6) is 0 Å². The maximum absolute atomic E-state index is 12.6. The second-order valence-corrected chi connectivity index (χ2v) is 12.0. The number of ether oxygens (including phenoxy) is 4. The second-order valence-electron chi connectivity index (χ2n) is 12.0. The minimum absolute atomic E-state index is 0.149. The molecule has 2 aliphatic heterocycles. The molecule has 4 aliphatic carbocycles. The lowest BCUT2D eigenvalue weighted by Crippen LogP contribution is -2.86. The van der Waals surface area contributed by atoms with Gasteiger partial charge in [-0.15, -0.1) is 0 Å². The Morgan fingerprint density at radius 2 is 1.63 bits per heavy atom. The van der Waals surface area contributed by atoms with E-state index < -0.39 is 70.8 Å². The molecule has 10 atom stereocenters. The summed E-state index contributed by atoms with van der Waals surface area (Å²) in [5.41, 5.74) is -2.24. The third-order valence-corrected chi connectivity index (χ3v) is 9.80. The first-order chi connectivity index (χ1) is 16.2. The number of aliphatic hydroxyl groups excluding tert-OH is 1. The first-order valence-electron chi connectivity index (χ1n) is 12.5.